The first-order chi connectivity index (χ1) is 20.3. The summed E-state index contributed by atoms with van der Waals surface area (Å²) >= 11 is 0. The molecule has 1 saturated carbocycles. The molecule has 0 aliphatic heterocycles. The average Bonchev–Trinajstić information content (AvgIpc) is 2.97. The topological polar surface area (TPSA) is 117 Å². The summed E-state index contributed by atoms with van der Waals surface area (Å²) in [5.41, 5.74) is 6.81. The van der Waals surface area contributed by atoms with Crippen LogP contribution in [0.4, 0.5) is 8.78 Å². The van der Waals surface area contributed by atoms with Crippen LogP contribution in [0.5, 0.6) is 23.0 Å². The highest BCUT2D eigenvalue weighted by Crippen LogP contribution is 2.47. The van der Waals surface area contributed by atoms with Crippen molar-refractivity contribution >= 4 is 11.7 Å². The maximum atomic E-state index is 14.7. The lowest BCUT2D eigenvalue weighted by Crippen LogP contribution is -2.50. The molecule has 43 heavy (non-hydrogen) atoms. The highest BCUT2D eigenvalue weighted by atomic mass is 19.3. The van der Waals surface area contributed by atoms with Crippen LogP contribution in [-0.4, -0.2) is 61.9 Å². The highest BCUT2D eigenvalue weighted by molar-refractivity contribution is 6.02. The highest BCUT2D eigenvalue weighted by Gasteiger charge is 2.47. The standard InChI is InChI=1S/C32H45F2N5O4/c1-21(29(36)39(13-12-35)30(37)24-16-31(2,3)20-32(33,34)17-24)38(18-22-8-10-25(40-4)14-27(22)42-6)19-23-9-11-26(41-5)15-28(23)43-7/h8-15,21,24,36-37H,16-20,35H2,1-7H3/b13-12-,36-29?,37-30?. The van der Waals surface area contributed by atoms with Crippen LogP contribution in [0.15, 0.2) is 48.8 Å². The Labute approximate surface area is 253 Å². The quantitative estimate of drug-likeness (QED) is 0.194. The number of nitrogens with zero attached hydrogens (tertiary/aromatic N) is 2. The van der Waals surface area contributed by atoms with E-state index in [1.54, 1.807) is 54.4 Å². The zero-order chi connectivity index (χ0) is 31.9. The van der Waals surface area contributed by atoms with Crippen LogP contribution in [0.1, 0.15) is 51.2 Å². The van der Waals surface area contributed by atoms with E-state index in [0.29, 0.717) is 42.5 Å². The Balaban J connectivity index is 2.00. The Bertz CT molecular complexity index is 1240. The van der Waals surface area contributed by atoms with E-state index < -0.39 is 29.7 Å². The van der Waals surface area contributed by atoms with Gasteiger partial charge in [0.2, 0.25) is 5.92 Å². The van der Waals surface area contributed by atoms with Gasteiger partial charge in [0.1, 0.15) is 34.7 Å². The van der Waals surface area contributed by atoms with Crippen LogP contribution >= 0.6 is 0 Å². The molecule has 2 unspecified atom stereocenters. The number of nitrogens with two attached hydrogens (primary N) is 1. The maximum absolute atomic E-state index is 14.7. The first kappa shape index (κ1) is 33.6. The molecule has 1 aliphatic rings. The van der Waals surface area contributed by atoms with E-state index in [0.717, 1.165) is 11.1 Å². The summed E-state index contributed by atoms with van der Waals surface area (Å²) in [5.74, 6) is -1.17. The molecule has 0 bridgehead atoms. The second-order valence-electron chi connectivity index (χ2n) is 11.7. The maximum Gasteiger partial charge on any atom is 0.249 e. The van der Waals surface area contributed by atoms with Crippen molar-refractivity contribution in [3.63, 3.8) is 0 Å². The van der Waals surface area contributed by atoms with Gasteiger partial charge in [0.05, 0.1) is 34.5 Å². The molecule has 0 amide bonds. The number of amidine groups is 2. The molecule has 9 nitrogen and oxygen atoms in total. The third-order valence-electron chi connectivity index (χ3n) is 7.90. The van der Waals surface area contributed by atoms with Crippen molar-refractivity contribution < 1.29 is 27.7 Å². The van der Waals surface area contributed by atoms with Gasteiger partial charge in [-0.2, -0.15) is 0 Å². The normalized spacial score (nSPS) is 18.2. The first-order valence-electron chi connectivity index (χ1n) is 14.2. The van der Waals surface area contributed by atoms with Crippen LogP contribution in [0.25, 0.3) is 0 Å². The number of alkyl halides is 2. The van der Waals surface area contributed by atoms with Crippen LogP contribution in [0.3, 0.4) is 0 Å². The number of rotatable bonds is 12. The van der Waals surface area contributed by atoms with E-state index in [1.807, 2.05) is 36.1 Å². The molecule has 0 saturated heterocycles. The summed E-state index contributed by atoms with van der Waals surface area (Å²) < 4.78 is 51.5. The summed E-state index contributed by atoms with van der Waals surface area (Å²) in [6.45, 7) is 6.15. The summed E-state index contributed by atoms with van der Waals surface area (Å²) in [7, 11) is 6.32. The average molecular weight is 602 g/mol. The lowest BCUT2D eigenvalue weighted by Gasteiger charge is -2.42. The molecule has 1 aliphatic carbocycles. The summed E-state index contributed by atoms with van der Waals surface area (Å²) in [6, 6.07) is 10.5. The fourth-order valence-electron chi connectivity index (χ4n) is 5.82. The van der Waals surface area contributed by atoms with Crippen molar-refractivity contribution in [2.24, 2.45) is 17.1 Å². The van der Waals surface area contributed by atoms with Crippen molar-refractivity contribution in [1.82, 2.24) is 9.80 Å². The Morgan fingerprint density at radius 2 is 1.44 bits per heavy atom. The van der Waals surface area contributed by atoms with Gasteiger partial charge >= 0.3 is 0 Å². The van der Waals surface area contributed by atoms with Gasteiger partial charge in [0.15, 0.2) is 0 Å². The Kier molecular flexibility index (Phi) is 11.0. The SMILES string of the molecule is COc1ccc(CN(Cc2ccc(OC)cc2OC)C(C)C(=N)N(/C=C\N)C(=N)C2CC(C)(C)CC(F)(F)C2)c(OC)c1. The molecule has 0 aromatic heterocycles. The number of halogens is 2. The molecule has 0 spiro atoms. The fourth-order valence-corrected chi connectivity index (χ4v) is 5.82. The van der Waals surface area contributed by atoms with Crippen molar-refractivity contribution in [2.45, 2.75) is 65.1 Å². The number of hydrogen-bond donors (Lipinski definition) is 3. The van der Waals surface area contributed by atoms with Crippen LogP contribution < -0.4 is 24.7 Å². The number of ether oxygens (including phenoxy) is 4. The van der Waals surface area contributed by atoms with E-state index in [1.165, 1.54) is 17.3 Å². The summed E-state index contributed by atoms with van der Waals surface area (Å²) in [5, 5.41) is 18.2. The molecule has 2 aromatic rings. The van der Waals surface area contributed by atoms with Gasteiger partial charge in [-0.1, -0.05) is 26.0 Å². The smallest absolute Gasteiger partial charge is 0.249 e. The third kappa shape index (κ3) is 8.37. The van der Waals surface area contributed by atoms with Crippen molar-refractivity contribution in [1.29, 1.82) is 10.8 Å². The van der Waals surface area contributed by atoms with Gasteiger partial charge in [-0.3, -0.25) is 20.6 Å². The largest absolute Gasteiger partial charge is 0.497 e. The number of methoxy groups -OCH3 is 4. The van der Waals surface area contributed by atoms with Gasteiger partial charge in [-0.25, -0.2) is 8.78 Å². The molecule has 2 atom stereocenters. The fraction of sp³-hybridized carbons (Fsp3) is 0.500. The molecular formula is C32H45F2N5O4. The zero-order valence-electron chi connectivity index (χ0n) is 26.2. The van der Waals surface area contributed by atoms with Crippen molar-refractivity contribution in [3.8, 4) is 23.0 Å². The second kappa shape index (κ2) is 14.1. The molecule has 4 N–H and O–H groups in total. The Morgan fingerprint density at radius 1 is 0.930 bits per heavy atom. The summed E-state index contributed by atoms with van der Waals surface area (Å²) in [6.07, 6.45) is 2.37. The molecule has 236 valence electrons. The van der Waals surface area contributed by atoms with E-state index in [4.69, 9.17) is 30.1 Å². The van der Waals surface area contributed by atoms with Crippen molar-refractivity contribution in [2.75, 3.05) is 28.4 Å². The Morgan fingerprint density at radius 3 is 1.86 bits per heavy atom. The predicted octanol–water partition coefficient (Wildman–Crippen LogP) is 6.26. The third-order valence-corrected chi connectivity index (χ3v) is 7.90. The predicted molar refractivity (Wildman–Crippen MR) is 164 cm³/mol. The molecule has 11 heteroatoms. The van der Waals surface area contributed by atoms with Gasteiger partial charge in [0.25, 0.3) is 0 Å². The van der Waals surface area contributed by atoms with Gasteiger partial charge in [-0.15, -0.1) is 0 Å². The van der Waals surface area contributed by atoms with Gasteiger partial charge in [-0.05, 0) is 30.9 Å². The summed E-state index contributed by atoms with van der Waals surface area (Å²) in [4.78, 5) is 3.36. The zero-order valence-corrected chi connectivity index (χ0v) is 26.2. The minimum Gasteiger partial charge on any atom is -0.497 e. The van der Waals surface area contributed by atoms with Crippen LogP contribution in [0.2, 0.25) is 0 Å². The van der Waals surface area contributed by atoms with Crippen molar-refractivity contribution in [3.05, 3.63) is 59.9 Å². The molecule has 0 radical (unpaired) electrons. The monoisotopic (exact) mass is 601 g/mol. The lowest BCUT2D eigenvalue weighted by molar-refractivity contribution is -0.0840. The molecule has 0 heterocycles. The Hall–Kier alpha value is -3.86. The molecule has 1 fully saturated rings. The molecule has 2 aromatic carbocycles. The van der Waals surface area contributed by atoms with E-state index in [2.05, 4.69) is 0 Å². The second-order valence-corrected chi connectivity index (χ2v) is 11.7. The number of hydrogen-bond acceptors (Lipinski definition) is 8. The minimum atomic E-state index is -2.90. The van der Waals surface area contributed by atoms with Gasteiger partial charge in [0, 0.05) is 67.5 Å². The van der Waals surface area contributed by atoms with Crippen LogP contribution in [-0.2, 0) is 13.1 Å². The van der Waals surface area contributed by atoms with Gasteiger partial charge < -0.3 is 24.7 Å². The van der Waals surface area contributed by atoms with E-state index in [9.17, 15) is 14.2 Å². The first-order valence-corrected chi connectivity index (χ1v) is 14.2. The van der Waals surface area contributed by atoms with E-state index >= 15 is 0 Å². The molecular weight excluding hydrogens is 556 g/mol. The molecule has 3 rings (SSSR count). The number of benzene rings is 2. The minimum absolute atomic E-state index is 0.0263. The van der Waals surface area contributed by atoms with E-state index in [-0.39, 0.29) is 18.1 Å². The lowest BCUT2D eigenvalue weighted by atomic mass is 9.70. The number of nitrogens with one attached hydrogen (secondary N) is 2. The van der Waals surface area contributed by atoms with Crippen LogP contribution in [0, 0.1) is 22.2 Å².